The van der Waals surface area contributed by atoms with Gasteiger partial charge in [0.1, 0.15) is 5.69 Å². The number of hydrogen-bond acceptors (Lipinski definition) is 7. The van der Waals surface area contributed by atoms with Crippen molar-refractivity contribution in [3.05, 3.63) is 47.5 Å². The van der Waals surface area contributed by atoms with Gasteiger partial charge in [0.2, 0.25) is 0 Å². The molecule has 0 spiro atoms. The Morgan fingerprint density at radius 2 is 2.07 bits per heavy atom. The van der Waals surface area contributed by atoms with Crippen LogP contribution in [0.15, 0.2) is 30.7 Å². The molecule has 7 nitrogen and oxygen atoms in total. The van der Waals surface area contributed by atoms with Crippen LogP contribution in [0.5, 0.6) is 0 Å². The lowest BCUT2D eigenvalue weighted by Gasteiger charge is -2.29. The number of carbonyl (C=O) groups excluding carboxylic acids is 1. The number of anilines is 1. The number of morpholine rings is 1. The molecule has 0 saturated carbocycles. The number of aryl methyl sites for hydroxylation is 2. The van der Waals surface area contributed by atoms with Crippen molar-refractivity contribution in [1.82, 2.24) is 19.9 Å². The van der Waals surface area contributed by atoms with Crippen molar-refractivity contribution in [2.45, 2.75) is 13.8 Å². The zero-order valence-electron chi connectivity index (χ0n) is 16.1. The van der Waals surface area contributed by atoms with E-state index in [-0.39, 0.29) is 5.91 Å². The van der Waals surface area contributed by atoms with Crippen LogP contribution in [0.3, 0.4) is 0 Å². The summed E-state index contributed by atoms with van der Waals surface area (Å²) in [6.45, 7) is 8.70. The van der Waals surface area contributed by atoms with E-state index in [0.717, 1.165) is 48.6 Å². The maximum Gasteiger partial charge on any atom is 0.280 e. The smallest absolute Gasteiger partial charge is 0.280 e. The fourth-order valence-corrected chi connectivity index (χ4v) is 4.28. The van der Waals surface area contributed by atoms with Crippen LogP contribution in [-0.2, 0) is 4.74 Å². The second-order valence-electron chi connectivity index (χ2n) is 6.85. The average Bonchev–Trinajstić information content (AvgIpc) is 3.17. The average molecular weight is 398 g/mol. The van der Waals surface area contributed by atoms with Crippen LogP contribution in [0.4, 0.5) is 5.13 Å². The Kier molecular flexibility index (Phi) is 5.61. The number of benzene rings is 1. The molecule has 146 valence electrons. The number of nitrogens with zero attached hydrogens (tertiary/aromatic N) is 5. The number of ether oxygens (including phenoxy) is 1. The Balaban J connectivity index is 1.65. The molecule has 0 bridgehead atoms. The van der Waals surface area contributed by atoms with Gasteiger partial charge < -0.3 is 4.74 Å². The number of amides is 1. The lowest BCUT2D eigenvalue weighted by Crippen LogP contribution is -2.43. The summed E-state index contributed by atoms with van der Waals surface area (Å²) in [5.41, 5.74) is 3.64. The number of carbonyl (C=O) groups is 1. The van der Waals surface area contributed by atoms with Gasteiger partial charge in [0.25, 0.3) is 5.91 Å². The molecule has 0 atom stereocenters. The summed E-state index contributed by atoms with van der Waals surface area (Å²) in [7, 11) is 0. The Bertz CT molecular complexity index is 969. The Morgan fingerprint density at radius 3 is 2.82 bits per heavy atom. The molecule has 3 heterocycles. The van der Waals surface area contributed by atoms with Crippen LogP contribution in [0.25, 0.3) is 10.2 Å². The number of thiazole rings is 1. The third kappa shape index (κ3) is 3.89. The standard InChI is InChI=1S/C20H23N5O2S/c1-14-3-4-17-18(15(14)2)23-20(28-17)25(8-7-24-9-11-27-12-10-24)19(26)16-13-21-5-6-22-16/h3-6,13H,7-12H2,1-2H3. The molecule has 1 aliphatic rings. The maximum absolute atomic E-state index is 13.2. The molecule has 8 heteroatoms. The van der Waals surface area contributed by atoms with Gasteiger partial charge in [0.05, 0.1) is 29.6 Å². The minimum Gasteiger partial charge on any atom is -0.379 e. The summed E-state index contributed by atoms with van der Waals surface area (Å²) in [6.07, 6.45) is 4.62. The van der Waals surface area contributed by atoms with Crippen molar-refractivity contribution in [3.63, 3.8) is 0 Å². The zero-order chi connectivity index (χ0) is 19.5. The first-order valence-electron chi connectivity index (χ1n) is 9.38. The van der Waals surface area contributed by atoms with Gasteiger partial charge in [-0.15, -0.1) is 0 Å². The second kappa shape index (κ2) is 8.30. The molecule has 28 heavy (non-hydrogen) atoms. The maximum atomic E-state index is 13.2. The topological polar surface area (TPSA) is 71.5 Å². The van der Waals surface area contributed by atoms with E-state index in [0.29, 0.717) is 17.4 Å². The van der Waals surface area contributed by atoms with Crippen molar-refractivity contribution in [2.24, 2.45) is 0 Å². The van der Waals surface area contributed by atoms with Crippen LogP contribution in [-0.4, -0.2) is 65.2 Å². The monoisotopic (exact) mass is 397 g/mol. The van der Waals surface area contributed by atoms with E-state index in [1.165, 1.54) is 11.8 Å². The van der Waals surface area contributed by atoms with Crippen LogP contribution in [0.1, 0.15) is 21.6 Å². The fraction of sp³-hybridized carbons (Fsp3) is 0.400. The quantitative estimate of drug-likeness (QED) is 0.659. The summed E-state index contributed by atoms with van der Waals surface area (Å²) in [4.78, 5) is 30.3. The van der Waals surface area contributed by atoms with Crippen LogP contribution < -0.4 is 4.90 Å². The molecule has 2 aromatic heterocycles. The summed E-state index contributed by atoms with van der Waals surface area (Å²) in [5, 5.41) is 0.701. The molecule has 1 saturated heterocycles. The summed E-state index contributed by atoms with van der Waals surface area (Å²) < 4.78 is 6.51. The van der Waals surface area contributed by atoms with Gasteiger partial charge in [-0.25, -0.2) is 9.97 Å². The Hall–Kier alpha value is -2.42. The number of hydrogen-bond donors (Lipinski definition) is 0. The van der Waals surface area contributed by atoms with Gasteiger partial charge in [0, 0.05) is 38.6 Å². The second-order valence-corrected chi connectivity index (χ2v) is 7.86. The van der Waals surface area contributed by atoms with Crippen LogP contribution in [0.2, 0.25) is 0 Å². The molecule has 1 amide bonds. The molecule has 0 N–H and O–H groups in total. The highest BCUT2D eigenvalue weighted by molar-refractivity contribution is 7.22. The first kappa shape index (κ1) is 18.9. The fourth-order valence-electron chi connectivity index (χ4n) is 3.23. The molecule has 4 rings (SSSR count). The van der Waals surface area contributed by atoms with Gasteiger partial charge in [0.15, 0.2) is 5.13 Å². The third-order valence-corrected chi connectivity index (χ3v) is 6.12. The predicted octanol–water partition coefficient (Wildman–Crippen LogP) is 2.68. The van der Waals surface area contributed by atoms with Crippen LogP contribution >= 0.6 is 11.3 Å². The van der Waals surface area contributed by atoms with Gasteiger partial charge in [-0.3, -0.25) is 19.6 Å². The molecule has 1 aromatic carbocycles. The largest absolute Gasteiger partial charge is 0.379 e. The Labute approximate surface area is 168 Å². The lowest BCUT2D eigenvalue weighted by atomic mass is 10.1. The van der Waals surface area contributed by atoms with Crippen molar-refractivity contribution in [1.29, 1.82) is 0 Å². The van der Waals surface area contributed by atoms with E-state index >= 15 is 0 Å². The molecule has 0 radical (unpaired) electrons. The van der Waals surface area contributed by atoms with E-state index in [4.69, 9.17) is 9.72 Å². The molecule has 1 aliphatic heterocycles. The van der Waals surface area contributed by atoms with Crippen molar-refractivity contribution in [2.75, 3.05) is 44.3 Å². The van der Waals surface area contributed by atoms with Gasteiger partial charge in [-0.05, 0) is 31.0 Å². The highest BCUT2D eigenvalue weighted by Crippen LogP contribution is 2.32. The first-order valence-corrected chi connectivity index (χ1v) is 10.2. The summed E-state index contributed by atoms with van der Waals surface area (Å²) in [5.74, 6) is -0.171. The number of fused-ring (bicyclic) bond motifs is 1. The molecule has 0 aliphatic carbocycles. The van der Waals surface area contributed by atoms with Crippen molar-refractivity contribution in [3.8, 4) is 0 Å². The van der Waals surface area contributed by atoms with E-state index in [1.807, 2.05) is 0 Å². The van der Waals surface area contributed by atoms with E-state index in [9.17, 15) is 4.79 Å². The number of rotatable bonds is 5. The predicted molar refractivity (Wildman–Crippen MR) is 110 cm³/mol. The normalized spacial score (nSPS) is 15.1. The van der Waals surface area contributed by atoms with Gasteiger partial charge in [-0.2, -0.15) is 0 Å². The highest BCUT2D eigenvalue weighted by Gasteiger charge is 2.24. The molecular formula is C20H23N5O2S. The SMILES string of the molecule is Cc1ccc2sc(N(CCN3CCOCC3)C(=O)c3cnccn3)nc2c1C. The Morgan fingerprint density at radius 1 is 1.25 bits per heavy atom. The molecule has 3 aromatic rings. The lowest BCUT2D eigenvalue weighted by molar-refractivity contribution is 0.0391. The minimum absolute atomic E-state index is 0.171. The van der Waals surface area contributed by atoms with E-state index in [2.05, 4.69) is 40.8 Å². The van der Waals surface area contributed by atoms with Crippen molar-refractivity contribution >= 4 is 32.6 Å². The summed E-state index contributed by atoms with van der Waals surface area (Å²) in [6, 6.07) is 4.17. The van der Waals surface area contributed by atoms with Gasteiger partial charge >= 0.3 is 0 Å². The molecule has 0 unspecified atom stereocenters. The first-order chi connectivity index (χ1) is 13.6. The molecule has 1 fully saturated rings. The van der Waals surface area contributed by atoms with E-state index < -0.39 is 0 Å². The highest BCUT2D eigenvalue weighted by atomic mass is 32.1. The minimum atomic E-state index is -0.171. The zero-order valence-corrected chi connectivity index (χ0v) is 16.9. The third-order valence-electron chi connectivity index (χ3n) is 5.08. The number of aromatic nitrogens is 3. The van der Waals surface area contributed by atoms with E-state index in [1.54, 1.807) is 28.6 Å². The van der Waals surface area contributed by atoms with Crippen molar-refractivity contribution < 1.29 is 9.53 Å². The summed E-state index contributed by atoms with van der Waals surface area (Å²) >= 11 is 1.54. The van der Waals surface area contributed by atoms with Gasteiger partial charge in [-0.1, -0.05) is 17.4 Å². The molecular weight excluding hydrogens is 374 g/mol. The van der Waals surface area contributed by atoms with Crippen LogP contribution in [0, 0.1) is 13.8 Å².